The largest absolute Gasteiger partial charge is 0.493 e. The van der Waals surface area contributed by atoms with Gasteiger partial charge in [-0.25, -0.2) is 4.98 Å². The predicted octanol–water partition coefficient (Wildman–Crippen LogP) is 5.53. The standard InChI is InChI=1S/C29H33N3O2/c1-22(2)24-13-6-9-16-27(24)34-20-10-19-32-26-15-8-7-14-25(26)31-28(32)17-18-30-29(33)21-23-11-4-3-5-12-23/h3-9,11-16,22H,10,17-21H2,1-2H3,(H,30,33). The Labute approximate surface area is 201 Å². The van der Waals surface area contributed by atoms with Crippen LogP contribution in [0.2, 0.25) is 0 Å². The maximum atomic E-state index is 12.3. The van der Waals surface area contributed by atoms with Crippen molar-refractivity contribution in [2.24, 2.45) is 0 Å². The second-order valence-electron chi connectivity index (χ2n) is 8.83. The fourth-order valence-corrected chi connectivity index (χ4v) is 4.22. The fourth-order valence-electron chi connectivity index (χ4n) is 4.22. The zero-order valence-electron chi connectivity index (χ0n) is 20.0. The van der Waals surface area contributed by atoms with Crippen LogP contribution in [0.5, 0.6) is 5.75 Å². The molecular weight excluding hydrogens is 422 g/mol. The van der Waals surface area contributed by atoms with Crippen LogP contribution >= 0.6 is 0 Å². The van der Waals surface area contributed by atoms with E-state index in [0.29, 0.717) is 31.9 Å². The van der Waals surface area contributed by atoms with Crippen LogP contribution in [0.15, 0.2) is 78.9 Å². The van der Waals surface area contributed by atoms with Crippen molar-refractivity contribution in [2.45, 2.75) is 45.6 Å². The number of rotatable bonds is 11. The van der Waals surface area contributed by atoms with E-state index in [0.717, 1.165) is 41.1 Å². The predicted molar refractivity (Wildman–Crippen MR) is 137 cm³/mol. The lowest BCUT2D eigenvalue weighted by Gasteiger charge is -2.14. The smallest absolute Gasteiger partial charge is 0.224 e. The topological polar surface area (TPSA) is 56.1 Å². The van der Waals surface area contributed by atoms with Gasteiger partial charge in [-0.05, 0) is 41.7 Å². The number of para-hydroxylation sites is 3. The van der Waals surface area contributed by atoms with E-state index < -0.39 is 0 Å². The molecule has 0 bridgehead atoms. The molecule has 3 aromatic carbocycles. The Morgan fingerprint density at radius 2 is 1.71 bits per heavy atom. The van der Waals surface area contributed by atoms with E-state index in [1.165, 1.54) is 5.56 Å². The lowest BCUT2D eigenvalue weighted by Crippen LogP contribution is -2.28. The Hall–Kier alpha value is -3.60. The normalized spacial score (nSPS) is 11.1. The molecule has 0 spiro atoms. The maximum Gasteiger partial charge on any atom is 0.224 e. The van der Waals surface area contributed by atoms with Crippen molar-refractivity contribution in [3.63, 3.8) is 0 Å². The fraction of sp³-hybridized carbons (Fsp3) is 0.310. The summed E-state index contributed by atoms with van der Waals surface area (Å²) < 4.78 is 8.39. The Morgan fingerprint density at radius 1 is 0.971 bits per heavy atom. The number of amides is 1. The molecule has 4 rings (SSSR count). The van der Waals surface area contributed by atoms with E-state index in [4.69, 9.17) is 9.72 Å². The number of nitrogens with zero attached hydrogens (tertiary/aromatic N) is 2. The Morgan fingerprint density at radius 3 is 2.53 bits per heavy atom. The van der Waals surface area contributed by atoms with Gasteiger partial charge in [0.2, 0.25) is 5.91 Å². The van der Waals surface area contributed by atoms with Gasteiger partial charge in [0, 0.05) is 19.5 Å². The summed E-state index contributed by atoms with van der Waals surface area (Å²) in [6, 6.07) is 26.3. The zero-order chi connectivity index (χ0) is 23.8. The van der Waals surface area contributed by atoms with Gasteiger partial charge in [-0.2, -0.15) is 0 Å². The number of carbonyl (C=O) groups is 1. The van der Waals surface area contributed by atoms with Gasteiger partial charge >= 0.3 is 0 Å². The number of aryl methyl sites for hydroxylation is 1. The van der Waals surface area contributed by atoms with Crippen LogP contribution in [0.25, 0.3) is 11.0 Å². The summed E-state index contributed by atoms with van der Waals surface area (Å²) in [6.07, 6.45) is 1.96. The van der Waals surface area contributed by atoms with Crippen molar-refractivity contribution in [3.8, 4) is 5.75 Å². The first-order valence-corrected chi connectivity index (χ1v) is 12.1. The summed E-state index contributed by atoms with van der Waals surface area (Å²) in [5.41, 5.74) is 4.36. The van der Waals surface area contributed by atoms with Crippen LogP contribution in [0, 0.1) is 0 Å². The van der Waals surface area contributed by atoms with E-state index in [1.807, 2.05) is 60.7 Å². The van der Waals surface area contributed by atoms with Gasteiger partial charge in [0.1, 0.15) is 11.6 Å². The van der Waals surface area contributed by atoms with Gasteiger partial charge in [0.05, 0.1) is 24.1 Å². The van der Waals surface area contributed by atoms with E-state index >= 15 is 0 Å². The van der Waals surface area contributed by atoms with E-state index in [1.54, 1.807) is 0 Å². The summed E-state index contributed by atoms with van der Waals surface area (Å²) >= 11 is 0. The Balaban J connectivity index is 1.35. The highest BCUT2D eigenvalue weighted by molar-refractivity contribution is 5.78. The van der Waals surface area contributed by atoms with Crippen molar-refractivity contribution in [1.82, 2.24) is 14.9 Å². The highest BCUT2D eigenvalue weighted by Crippen LogP contribution is 2.26. The number of carbonyl (C=O) groups excluding carboxylic acids is 1. The van der Waals surface area contributed by atoms with Crippen LogP contribution in [-0.4, -0.2) is 28.6 Å². The van der Waals surface area contributed by atoms with Gasteiger partial charge in [0.25, 0.3) is 0 Å². The maximum absolute atomic E-state index is 12.3. The third-order valence-corrected chi connectivity index (χ3v) is 5.94. The van der Waals surface area contributed by atoms with Crippen molar-refractivity contribution < 1.29 is 9.53 Å². The van der Waals surface area contributed by atoms with Crippen molar-refractivity contribution in [3.05, 3.63) is 95.8 Å². The van der Waals surface area contributed by atoms with E-state index in [-0.39, 0.29) is 5.91 Å². The van der Waals surface area contributed by atoms with E-state index in [2.05, 4.69) is 41.9 Å². The first-order valence-electron chi connectivity index (χ1n) is 12.1. The minimum atomic E-state index is 0.0334. The number of hydrogen-bond acceptors (Lipinski definition) is 3. The molecule has 34 heavy (non-hydrogen) atoms. The summed E-state index contributed by atoms with van der Waals surface area (Å²) in [7, 11) is 0. The molecular formula is C29H33N3O2. The third kappa shape index (κ3) is 6.04. The molecule has 0 aliphatic carbocycles. The number of nitrogens with one attached hydrogen (secondary N) is 1. The van der Waals surface area contributed by atoms with Gasteiger partial charge in [-0.1, -0.05) is 74.5 Å². The lowest BCUT2D eigenvalue weighted by molar-refractivity contribution is -0.120. The number of fused-ring (bicyclic) bond motifs is 1. The highest BCUT2D eigenvalue weighted by Gasteiger charge is 2.12. The Kier molecular flexibility index (Phi) is 7.97. The molecule has 1 amide bonds. The molecule has 1 N–H and O–H groups in total. The van der Waals surface area contributed by atoms with Crippen LogP contribution < -0.4 is 10.1 Å². The van der Waals surface area contributed by atoms with Crippen LogP contribution in [-0.2, 0) is 24.2 Å². The first-order chi connectivity index (χ1) is 16.6. The van der Waals surface area contributed by atoms with E-state index in [9.17, 15) is 4.79 Å². The first kappa shape index (κ1) is 23.6. The number of aromatic nitrogens is 2. The molecule has 0 fully saturated rings. The molecule has 176 valence electrons. The third-order valence-electron chi connectivity index (χ3n) is 5.94. The SMILES string of the molecule is CC(C)c1ccccc1OCCCn1c(CCNC(=O)Cc2ccccc2)nc2ccccc21. The molecule has 0 aliphatic rings. The summed E-state index contributed by atoms with van der Waals surface area (Å²) in [6.45, 7) is 6.39. The minimum absolute atomic E-state index is 0.0334. The molecule has 5 heteroatoms. The monoisotopic (exact) mass is 455 g/mol. The molecule has 1 heterocycles. The summed E-state index contributed by atoms with van der Waals surface area (Å²) in [5, 5.41) is 3.04. The van der Waals surface area contributed by atoms with Crippen LogP contribution in [0.3, 0.4) is 0 Å². The zero-order valence-corrected chi connectivity index (χ0v) is 20.0. The van der Waals surface area contributed by atoms with Crippen molar-refractivity contribution in [2.75, 3.05) is 13.2 Å². The Bertz CT molecular complexity index is 1210. The molecule has 1 aromatic heterocycles. The molecule has 0 aliphatic heterocycles. The quantitative estimate of drug-likeness (QED) is 0.303. The molecule has 4 aromatic rings. The van der Waals surface area contributed by atoms with Crippen LogP contribution in [0.4, 0.5) is 0 Å². The molecule has 0 unspecified atom stereocenters. The average molecular weight is 456 g/mol. The van der Waals surface area contributed by atoms with Gasteiger partial charge in [-0.15, -0.1) is 0 Å². The summed E-state index contributed by atoms with van der Waals surface area (Å²) in [4.78, 5) is 17.2. The molecule has 0 atom stereocenters. The van der Waals surface area contributed by atoms with Gasteiger partial charge in [-0.3, -0.25) is 4.79 Å². The molecule has 0 radical (unpaired) electrons. The van der Waals surface area contributed by atoms with Crippen molar-refractivity contribution in [1.29, 1.82) is 0 Å². The number of imidazole rings is 1. The minimum Gasteiger partial charge on any atom is -0.493 e. The molecule has 5 nitrogen and oxygen atoms in total. The number of ether oxygens (including phenoxy) is 1. The lowest BCUT2D eigenvalue weighted by atomic mass is 10.0. The molecule has 0 saturated carbocycles. The number of hydrogen-bond donors (Lipinski definition) is 1. The number of benzene rings is 3. The van der Waals surface area contributed by atoms with Gasteiger partial charge < -0.3 is 14.6 Å². The van der Waals surface area contributed by atoms with Crippen molar-refractivity contribution >= 4 is 16.9 Å². The summed E-state index contributed by atoms with van der Waals surface area (Å²) in [5.74, 6) is 2.42. The average Bonchev–Trinajstić information content (AvgIpc) is 3.20. The van der Waals surface area contributed by atoms with Crippen LogP contribution in [0.1, 0.15) is 43.1 Å². The highest BCUT2D eigenvalue weighted by atomic mass is 16.5. The second-order valence-corrected chi connectivity index (χ2v) is 8.83. The molecule has 0 saturated heterocycles. The van der Waals surface area contributed by atoms with Gasteiger partial charge in [0.15, 0.2) is 0 Å². The second kappa shape index (κ2) is 11.5.